The summed E-state index contributed by atoms with van der Waals surface area (Å²) in [5.41, 5.74) is 7.08. The molecule has 1 nitrogen and oxygen atoms in total. The van der Waals surface area contributed by atoms with Gasteiger partial charge in [0.25, 0.3) is 6.43 Å². The van der Waals surface area contributed by atoms with Crippen LogP contribution in [0.1, 0.15) is 37.0 Å². The molecular formula is C12H17F2N. The van der Waals surface area contributed by atoms with E-state index < -0.39 is 6.43 Å². The number of halogens is 2. The van der Waals surface area contributed by atoms with E-state index >= 15 is 0 Å². The lowest BCUT2D eigenvalue weighted by molar-refractivity contribution is 0.150. The second-order valence-electron chi connectivity index (χ2n) is 4.66. The van der Waals surface area contributed by atoms with Crippen LogP contribution < -0.4 is 5.73 Å². The average molecular weight is 213 g/mol. The molecule has 0 spiro atoms. The number of aryl methyl sites for hydroxylation is 1. The summed E-state index contributed by atoms with van der Waals surface area (Å²) in [4.78, 5) is 0. The van der Waals surface area contributed by atoms with Crippen LogP contribution in [-0.4, -0.2) is 5.54 Å². The van der Waals surface area contributed by atoms with Gasteiger partial charge in [-0.25, -0.2) is 8.78 Å². The Balaban J connectivity index is 2.98. The molecule has 15 heavy (non-hydrogen) atoms. The zero-order chi connectivity index (χ0) is 11.6. The van der Waals surface area contributed by atoms with E-state index in [2.05, 4.69) is 0 Å². The van der Waals surface area contributed by atoms with Gasteiger partial charge in [0.2, 0.25) is 0 Å². The highest BCUT2D eigenvalue weighted by Crippen LogP contribution is 2.24. The largest absolute Gasteiger partial charge is 0.325 e. The fraction of sp³-hybridized carbons (Fsp3) is 0.500. The minimum atomic E-state index is -2.41. The molecular weight excluding hydrogens is 196 g/mol. The van der Waals surface area contributed by atoms with Crippen LogP contribution in [0.4, 0.5) is 8.78 Å². The molecule has 0 saturated carbocycles. The minimum absolute atomic E-state index is 0.108. The van der Waals surface area contributed by atoms with Gasteiger partial charge in [0.1, 0.15) is 0 Å². The molecule has 0 atom stereocenters. The molecule has 84 valence electrons. The monoisotopic (exact) mass is 213 g/mol. The zero-order valence-corrected chi connectivity index (χ0v) is 9.35. The predicted molar refractivity (Wildman–Crippen MR) is 58.1 cm³/mol. The van der Waals surface area contributed by atoms with Crippen molar-refractivity contribution in [2.24, 2.45) is 5.73 Å². The molecule has 1 aromatic carbocycles. The molecule has 0 aliphatic carbocycles. The Morgan fingerprint density at radius 2 is 1.93 bits per heavy atom. The Labute approximate surface area is 89.3 Å². The number of rotatable bonds is 3. The van der Waals surface area contributed by atoms with Gasteiger partial charge < -0.3 is 5.73 Å². The summed E-state index contributed by atoms with van der Waals surface area (Å²) in [6.45, 7) is 5.46. The quantitative estimate of drug-likeness (QED) is 0.819. The number of hydrogen-bond donors (Lipinski definition) is 1. The van der Waals surface area contributed by atoms with Crippen LogP contribution in [0.5, 0.6) is 0 Å². The zero-order valence-electron chi connectivity index (χ0n) is 9.35. The van der Waals surface area contributed by atoms with E-state index in [4.69, 9.17) is 5.73 Å². The first kappa shape index (κ1) is 12.1. The van der Waals surface area contributed by atoms with Crippen LogP contribution in [0.2, 0.25) is 0 Å². The lowest BCUT2D eigenvalue weighted by Gasteiger charge is -2.19. The number of alkyl halides is 2. The van der Waals surface area contributed by atoms with Gasteiger partial charge in [-0.2, -0.15) is 0 Å². The molecule has 0 aliphatic rings. The molecule has 3 heteroatoms. The summed E-state index contributed by atoms with van der Waals surface area (Å²) < 4.78 is 25.2. The van der Waals surface area contributed by atoms with Crippen LogP contribution in [0, 0.1) is 6.92 Å². The van der Waals surface area contributed by atoms with Crippen molar-refractivity contribution in [1.82, 2.24) is 0 Å². The van der Waals surface area contributed by atoms with Crippen molar-refractivity contribution in [3.63, 3.8) is 0 Å². The first-order valence-corrected chi connectivity index (χ1v) is 4.96. The summed E-state index contributed by atoms with van der Waals surface area (Å²) in [5.74, 6) is 0. The standard InChI is InChI=1S/C12H17F2N/c1-8-4-5-9(7-12(2,3)15)6-10(8)11(13)14/h4-6,11H,7,15H2,1-3H3. The second kappa shape index (κ2) is 4.27. The van der Waals surface area contributed by atoms with Crippen LogP contribution in [0.3, 0.4) is 0 Å². The van der Waals surface area contributed by atoms with E-state index in [1.165, 1.54) is 0 Å². The molecule has 0 aliphatic heterocycles. The fourth-order valence-electron chi connectivity index (χ4n) is 1.56. The van der Waals surface area contributed by atoms with Crippen molar-refractivity contribution in [2.45, 2.75) is 39.2 Å². The van der Waals surface area contributed by atoms with Gasteiger partial charge in [0.05, 0.1) is 0 Å². The fourth-order valence-corrected chi connectivity index (χ4v) is 1.56. The van der Waals surface area contributed by atoms with Crippen LogP contribution in [0.15, 0.2) is 18.2 Å². The van der Waals surface area contributed by atoms with Crippen molar-refractivity contribution in [3.05, 3.63) is 34.9 Å². The lowest BCUT2D eigenvalue weighted by atomic mass is 9.94. The maximum Gasteiger partial charge on any atom is 0.264 e. The van der Waals surface area contributed by atoms with Gasteiger partial charge in [-0.3, -0.25) is 0 Å². The Kier molecular flexibility index (Phi) is 3.45. The summed E-state index contributed by atoms with van der Waals surface area (Å²) in [6, 6.07) is 5.13. The molecule has 0 bridgehead atoms. The highest BCUT2D eigenvalue weighted by Gasteiger charge is 2.15. The first-order chi connectivity index (χ1) is 6.79. The van der Waals surface area contributed by atoms with E-state index in [9.17, 15) is 8.78 Å². The van der Waals surface area contributed by atoms with E-state index in [1.54, 1.807) is 19.1 Å². The van der Waals surface area contributed by atoms with Crippen molar-refractivity contribution in [2.75, 3.05) is 0 Å². The van der Waals surface area contributed by atoms with Crippen molar-refractivity contribution in [3.8, 4) is 0 Å². The van der Waals surface area contributed by atoms with Crippen LogP contribution in [0.25, 0.3) is 0 Å². The van der Waals surface area contributed by atoms with Crippen molar-refractivity contribution >= 4 is 0 Å². The van der Waals surface area contributed by atoms with E-state index in [0.717, 1.165) is 5.56 Å². The molecule has 0 radical (unpaired) electrons. The maximum atomic E-state index is 12.6. The number of hydrogen-bond acceptors (Lipinski definition) is 1. The molecule has 2 N–H and O–H groups in total. The minimum Gasteiger partial charge on any atom is -0.325 e. The maximum absolute atomic E-state index is 12.6. The van der Waals surface area contributed by atoms with Gasteiger partial charge in [-0.15, -0.1) is 0 Å². The summed E-state index contributed by atoms with van der Waals surface area (Å²) in [7, 11) is 0. The van der Waals surface area contributed by atoms with Crippen LogP contribution in [-0.2, 0) is 6.42 Å². The summed E-state index contributed by atoms with van der Waals surface area (Å²) in [5, 5.41) is 0. The third-order valence-corrected chi connectivity index (χ3v) is 2.24. The highest BCUT2D eigenvalue weighted by molar-refractivity contribution is 5.32. The summed E-state index contributed by atoms with van der Waals surface area (Å²) >= 11 is 0. The van der Waals surface area contributed by atoms with E-state index in [1.807, 2.05) is 19.9 Å². The molecule has 0 unspecified atom stereocenters. The van der Waals surface area contributed by atoms with Gasteiger partial charge >= 0.3 is 0 Å². The summed E-state index contributed by atoms with van der Waals surface area (Å²) in [6.07, 6.45) is -1.81. The van der Waals surface area contributed by atoms with Gasteiger partial charge in [-0.05, 0) is 44.4 Å². The van der Waals surface area contributed by atoms with E-state index in [-0.39, 0.29) is 11.1 Å². The molecule has 0 heterocycles. The molecule has 0 fully saturated rings. The molecule has 0 aromatic heterocycles. The smallest absolute Gasteiger partial charge is 0.264 e. The van der Waals surface area contributed by atoms with Gasteiger partial charge in [0, 0.05) is 11.1 Å². The van der Waals surface area contributed by atoms with Gasteiger partial charge in [-0.1, -0.05) is 12.1 Å². The van der Waals surface area contributed by atoms with E-state index in [0.29, 0.717) is 12.0 Å². The molecule has 0 amide bonds. The van der Waals surface area contributed by atoms with Crippen molar-refractivity contribution < 1.29 is 8.78 Å². The Morgan fingerprint density at radius 3 is 2.40 bits per heavy atom. The number of nitrogens with two attached hydrogens (primary N) is 1. The van der Waals surface area contributed by atoms with Crippen molar-refractivity contribution in [1.29, 1.82) is 0 Å². The average Bonchev–Trinajstić information content (AvgIpc) is 2.05. The number of benzene rings is 1. The van der Waals surface area contributed by atoms with Crippen LogP contribution >= 0.6 is 0 Å². The topological polar surface area (TPSA) is 26.0 Å². The Bertz CT molecular complexity index is 340. The predicted octanol–water partition coefficient (Wildman–Crippen LogP) is 3.21. The third-order valence-electron chi connectivity index (χ3n) is 2.24. The Morgan fingerprint density at radius 1 is 1.33 bits per heavy atom. The lowest BCUT2D eigenvalue weighted by Crippen LogP contribution is -2.34. The molecule has 1 aromatic rings. The van der Waals surface area contributed by atoms with Gasteiger partial charge in [0.15, 0.2) is 0 Å². The normalized spacial score (nSPS) is 12.2. The highest BCUT2D eigenvalue weighted by atomic mass is 19.3. The Hall–Kier alpha value is -0.960. The first-order valence-electron chi connectivity index (χ1n) is 4.96. The molecule has 1 rings (SSSR count). The second-order valence-corrected chi connectivity index (χ2v) is 4.66. The third kappa shape index (κ3) is 3.59. The SMILES string of the molecule is Cc1ccc(CC(C)(C)N)cc1C(F)F. The molecule has 0 saturated heterocycles.